The van der Waals surface area contributed by atoms with Crippen LogP contribution in [-0.4, -0.2) is 54.1 Å². The number of alkyl halides is 3. The molecule has 2 heterocycles. The Labute approximate surface area is 155 Å². The van der Waals surface area contributed by atoms with Gasteiger partial charge >= 0.3 is 6.18 Å². The maximum absolute atomic E-state index is 12.2. The van der Waals surface area contributed by atoms with Crippen LogP contribution in [0.4, 0.5) is 13.2 Å². The molecule has 1 aliphatic heterocycles. The highest BCUT2D eigenvalue weighted by Gasteiger charge is 2.28. The molecule has 0 spiro atoms. The second-order valence-electron chi connectivity index (χ2n) is 6.31. The van der Waals surface area contributed by atoms with E-state index in [1.165, 1.54) is 24.3 Å². The molecule has 0 aliphatic carbocycles. The average molecular weight is 385 g/mol. The Morgan fingerprint density at radius 3 is 2.89 bits per heavy atom. The van der Waals surface area contributed by atoms with Crippen LogP contribution in [0, 0.1) is 5.92 Å². The summed E-state index contributed by atoms with van der Waals surface area (Å²) in [7, 11) is 0. The summed E-state index contributed by atoms with van der Waals surface area (Å²) in [6, 6.07) is 4.07. The maximum atomic E-state index is 12.2. The Kier molecular flexibility index (Phi) is 7.20. The van der Waals surface area contributed by atoms with Crippen molar-refractivity contribution in [3.05, 3.63) is 36.5 Å². The molecular weight excluding hydrogens is 363 g/mol. The molecule has 9 heteroatoms. The number of pyridine rings is 1. The number of hydrogen-bond acceptors (Lipinski definition) is 4. The molecule has 1 aromatic rings. The van der Waals surface area contributed by atoms with Gasteiger partial charge in [-0.25, -0.2) is 4.98 Å². The molecule has 148 valence electrons. The number of nitrogens with one attached hydrogen (secondary N) is 1. The molecule has 0 bridgehead atoms. The first-order valence-electron chi connectivity index (χ1n) is 8.64. The number of nitrogens with zero attached hydrogens (tertiary/aromatic N) is 2. The van der Waals surface area contributed by atoms with Gasteiger partial charge in [0.15, 0.2) is 6.61 Å². The normalized spacial score (nSPS) is 17.3. The zero-order chi connectivity index (χ0) is 19.9. The average Bonchev–Trinajstić information content (AvgIpc) is 2.65. The van der Waals surface area contributed by atoms with E-state index in [0.717, 1.165) is 12.8 Å². The van der Waals surface area contributed by atoms with Crippen LogP contribution in [0.2, 0.25) is 0 Å². The van der Waals surface area contributed by atoms with Gasteiger partial charge in [-0.05, 0) is 37.3 Å². The molecule has 0 aromatic carbocycles. The van der Waals surface area contributed by atoms with E-state index in [9.17, 15) is 22.8 Å². The summed E-state index contributed by atoms with van der Waals surface area (Å²) in [6.07, 6.45) is -0.616. The highest BCUT2D eigenvalue weighted by atomic mass is 19.4. The van der Waals surface area contributed by atoms with Crippen molar-refractivity contribution in [1.29, 1.82) is 0 Å². The van der Waals surface area contributed by atoms with Gasteiger partial charge in [-0.3, -0.25) is 9.59 Å². The van der Waals surface area contributed by atoms with Gasteiger partial charge in [-0.2, -0.15) is 13.2 Å². The van der Waals surface area contributed by atoms with Crippen molar-refractivity contribution in [2.75, 3.05) is 26.2 Å². The molecule has 27 heavy (non-hydrogen) atoms. The van der Waals surface area contributed by atoms with Crippen molar-refractivity contribution in [1.82, 2.24) is 15.2 Å². The molecule has 1 unspecified atom stereocenters. The quantitative estimate of drug-likeness (QED) is 0.733. The van der Waals surface area contributed by atoms with Crippen LogP contribution in [0.25, 0.3) is 0 Å². The zero-order valence-corrected chi connectivity index (χ0v) is 14.8. The van der Waals surface area contributed by atoms with E-state index >= 15 is 0 Å². The number of aromatic nitrogens is 1. The minimum atomic E-state index is -4.47. The minimum Gasteiger partial charge on any atom is -0.468 e. The Morgan fingerprint density at radius 2 is 2.19 bits per heavy atom. The molecule has 6 nitrogen and oxygen atoms in total. The highest BCUT2D eigenvalue weighted by Crippen LogP contribution is 2.20. The van der Waals surface area contributed by atoms with Gasteiger partial charge in [0.05, 0.1) is 0 Å². The van der Waals surface area contributed by atoms with Crippen LogP contribution in [0.15, 0.2) is 30.9 Å². The number of likely N-dealkylation sites (tertiary alicyclic amines) is 1. The van der Waals surface area contributed by atoms with E-state index in [2.05, 4.69) is 21.6 Å². The molecule has 1 fully saturated rings. The molecular formula is C18H22F3N3O3. The minimum absolute atomic E-state index is 0.0122. The van der Waals surface area contributed by atoms with Gasteiger partial charge < -0.3 is 15.0 Å². The van der Waals surface area contributed by atoms with E-state index in [4.69, 9.17) is 0 Å². The van der Waals surface area contributed by atoms with Crippen LogP contribution >= 0.6 is 0 Å². The standard InChI is InChI=1S/C18H22F3N3O3/c1-2-16(25)24-10-4-5-13(11-24)8-9-22-17(26)14-6-3-7-15(23-14)27-12-18(19,20)21/h2-3,6-7,13H,1,4-5,8-12H2,(H,22,26). The third-order valence-electron chi connectivity index (χ3n) is 4.18. The van der Waals surface area contributed by atoms with Crippen LogP contribution in [-0.2, 0) is 4.79 Å². The van der Waals surface area contributed by atoms with Crippen LogP contribution < -0.4 is 10.1 Å². The third kappa shape index (κ3) is 6.92. The fourth-order valence-corrected chi connectivity index (χ4v) is 2.89. The topological polar surface area (TPSA) is 71.5 Å². The van der Waals surface area contributed by atoms with Gasteiger partial charge in [0.2, 0.25) is 11.8 Å². The van der Waals surface area contributed by atoms with Gasteiger partial charge in [0.25, 0.3) is 5.91 Å². The zero-order valence-electron chi connectivity index (χ0n) is 14.8. The van der Waals surface area contributed by atoms with Gasteiger partial charge in [0, 0.05) is 25.7 Å². The molecule has 1 aliphatic rings. The van der Waals surface area contributed by atoms with Crippen molar-refractivity contribution in [3.8, 4) is 5.88 Å². The van der Waals surface area contributed by atoms with Crippen molar-refractivity contribution in [3.63, 3.8) is 0 Å². The number of ether oxygens (including phenoxy) is 1. The lowest BCUT2D eigenvalue weighted by molar-refractivity contribution is -0.154. The van der Waals surface area contributed by atoms with E-state index < -0.39 is 18.7 Å². The van der Waals surface area contributed by atoms with Crippen molar-refractivity contribution < 1.29 is 27.5 Å². The third-order valence-corrected chi connectivity index (χ3v) is 4.18. The van der Waals surface area contributed by atoms with Crippen molar-refractivity contribution in [2.24, 2.45) is 5.92 Å². The summed E-state index contributed by atoms with van der Waals surface area (Å²) in [4.78, 5) is 29.3. The van der Waals surface area contributed by atoms with Crippen LogP contribution in [0.1, 0.15) is 29.8 Å². The van der Waals surface area contributed by atoms with Crippen LogP contribution in [0.5, 0.6) is 5.88 Å². The first-order chi connectivity index (χ1) is 12.8. The summed E-state index contributed by atoms with van der Waals surface area (Å²) >= 11 is 0. The Hall–Kier alpha value is -2.58. The van der Waals surface area contributed by atoms with Gasteiger partial charge in [-0.15, -0.1) is 0 Å². The molecule has 1 N–H and O–H groups in total. The summed E-state index contributed by atoms with van der Waals surface area (Å²) in [6.45, 7) is 3.74. The number of halogens is 3. The fraction of sp³-hybridized carbons (Fsp3) is 0.500. The van der Waals surface area contributed by atoms with Gasteiger partial charge in [0.1, 0.15) is 5.69 Å². The van der Waals surface area contributed by atoms with Gasteiger partial charge in [-0.1, -0.05) is 12.6 Å². The van der Waals surface area contributed by atoms with E-state index in [1.807, 2.05) is 0 Å². The number of piperidine rings is 1. The number of amides is 2. The predicted molar refractivity (Wildman–Crippen MR) is 92.2 cm³/mol. The van der Waals surface area contributed by atoms with E-state index in [1.54, 1.807) is 4.90 Å². The first kappa shape index (κ1) is 20.7. The summed E-state index contributed by atoms with van der Waals surface area (Å²) < 4.78 is 41.1. The molecule has 1 saturated heterocycles. The fourth-order valence-electron chi connectivity index (χ4n) is 2.89. The molecule has 1 aromatic heterocycles. The Balaban J connectivity index is 1.80. The summed E-state index contributed by atoms with van der Waals surface area (Å²) in [5, 5.41) is 2.70. The molecule has 1 atom stereocenters. The monoisotopic (exact) mass is 385 g/mol. The number of rotatable bonds is 7. The molecule has 0 saturated carbocycles. The Morgan fingerprint density at radius 1 is 1.41 bits per heavy atom. The molecule has 2 amide bonds. The van der Waals surface area contributed by atoms with Crippen LogP contribution in [0.3, 0.4) is 0 Å². The first-order valence-corrected chi connectivity index (χ1v) is 8.64. The highest BCUT2D eigenvalue weighted by molar-refractivity contribution is 5.92. The summed E-state index contributed by atoms with van der Waals surface area (Å²) in [5.74, 6) is -0.561. The molecule has 2 rings (SSSR count). The number of carbonyl (C=O) groups excluding carboxylic acids is 2. The lowest BCUT2D eigenvalue weighted by Crippen LogP contribution is -2.40. The largest absolute Gasteiger partial charge is 0.468 e. The molecule has 0 radical (unpaired) electrons. The van der Waals surface area contributed by atoms with E-state index in [-0.39, 0.29) is 23.4 Å². The smallest absolute Gasteiger partial charge is 0.422 e. The predicted octanol–water partition coefficient (Wildman–Crippen LogP) is 2.57. The number of hydrogen-bond donors (Lipinski definition) is 1. The Bertz CT molecular complexity index is 679. The second kappa shape index (κ2) is 9.38. The number of carbonyl (C=O) groups is 2. The summed E-state index contributed by atoms with van der Waals surface area (Å²) in [5.41, 5.74) is -0.0122. The SMILES string of the molecule is C=CC(=O)N1CCCC(CCNC(=O)c2cccc(OCC(F)(F)F)n2)C1. The van der Waals surface area contributed by atoms with Crippen molar-refractivity contribution in [2.45, 2.75) is 25.4 Å². The van der Waals surface area contributed by atoms with E-state index in [0.29, 0.717) is 26.1 Å². The lowest BCUT2D eigenvalue weighted by atomic mass is 9.94. The second-order valence-corrected chi connectivity index (χ2v) is 6.31. The lowest BCUT2D eigenvalue weighted by Gasteiger charge is -2.32. The maximum Gasteiger partial charge on any atom is 0.422 e. The van der Waals surface area contributed by atoms with Crippen molar-refractivity contribution >= 4 is 11.8 Å².